The largest absolute Gasteiger partial charge is 0.379 e. The summed E-state index contributed by atoms with van der Waals surface area (Å²) in [7, 11) is -3.47. The molecule has 2 aliphatic heterocycles. The lowest BCUT2D eigenvalue weighted by Crippen LogP contribution is -2.40. The summed E-state index contributed by atoms with van der Waals surface area (Å²) in [4.78, 5) is 0.299. The first-order valence-electron chi connectivity index (χ1n) is 8.23. The summed E-state index contributed by atoms with van der Waals surface area (Å²) in [6, 6.07) is 14.9. The van der Waals surface area contributed by atoms with Gasteiger partial charge in [0.25, 0.3) is 5.84 Å². The minimum absolute atomic E-state index is 0.299. The van der Waals surface area contributed by atoms with E-state index in [1.54, 1.807) is 12.1 Å². The number of morpholine rings is 1. The van der Waals surface area contributed by atoms with Gasteiger partial charge in [-0.05, 0) is 30.3 Å². The summed E-state index contributed by atoms with van der Waals surface area (Å²) in [6.45, 7) is 2.36. The van der Waals surface area contributed by atoms with Crippen molar-refractivity contribution >= 4 is 21.5 Å². The highest BCUT2D eigenvalue weighted by Crippen LogP contribution is 2.26. The first kappa shape index (κ1) is 16.3. The van der Waals surface area contributed by atoms with Gasteiger partial charge < -0.3 is 4.74 Å². The number of ether oxygens (including phenoxy) is 1. The first-order valence-corrected chi connectivity index (χ1v) is 9.67. The van der Waals surface area contributed by atoms with E-state index in [9.17, 15) is 8.42 Å². The van der Waals surface area contributed by atoms with Crippen LogP contribution in [0.5, 0.6) is 0 Å². The molecule has 0 aliphatic carbocycles. The van der Waals surface area contributed by atoms with Crippen LogP contribution >= 0.6 is 0 Å². The average Bonchev–Trinajstić information content (AvgIpc) is 3.00. The molecule has 1 saturated heterocycles. The topological polar surface area (TPSA) is 75.6 Å². The van der Waals surface area contributed by atoms with Gasteiger partial charge in [0, 0.05) is 18.7 Å². The Morgan fingerprint density at radius 1 is 1.00 bits per heavy atom. The molecule has 0 unspecified atom stereocenters. The number of nitrogens with two attached hydrogens (primary N) is 1. The molecule has 0 aromatic heterocycles. The minimum Gasteiger partial charge on any atom is -0.379 e. The van der Waals surface area contributed by atoms with Crippen molar-refractivity contribution in [2.24, 2.45) is 5.73 Å². The maximum atomic E-state index is 12.7. The predicted molar refractivity (Wildman–Crippen MR) is 94.4 cm³/mol. The fourth-order valence-electron chi connectivity index (χ4n) is 3.27. The van der Waals surface area contributed by atoms with E-state index < -0.39 is 10.0 Å². The second-order valence-corrected chi connectivity index (χ2v) is 8.08. The van der Waals surface area contributed by atoms with Crippen molar-refractivity contribution in [2.45, 2.75) is 11.4 Å². The van der Waals surface area contributed by atoms with Gasteiger partial charge in [-0.1, -0.05) is 18.2 Å². The number of sulfonamides is 1. The second-order valence-electron chi connectivity index (χ2n) is 6.14. The van der Waals surface area contributed by atoms with E-state index in [1.165, 1.54) is 9.87 Å². The standard InChI is InChI=1S/C18H19N3O3S/c19-18-17-4-2-1-3-14(17)13-21(18)15-5-7-16(8-6-15)25(22,23)20-9-11-24-12-10-20/h1-8,19H,9-13H2/p+1. The lowest BCUT2D eigenvalue weighted by molar-refractivity contribution is -0.453. The molecular formula is C18H20N3O3S+. The number of amidine groups is 1. The number of hydrogen-bond donors (Lipinski definition) is 1. The van der Waals surface area contributed by atoms with Crippen molar-refractivity contribution in [2.75, 3.05) is 26.3 Å². The van der Waals surface area contributed by atoms with Crippen molar-refractivity contribution in [3.05, 3.63) is 59.7 Å². The third-order valence-electron chi connectivity index (χ3n) is 4.67. The monoisotopic (exact) mass is 358 g/mol. The molecule has 2 heterocycles. The van der Waals surface area contributed by atoms with Gasteiger partial charge in [0.2, 0.25) is 10.0 Å². The summed E-state index contributed by atoms with van der Waals surface area (Å²) >= 11 is 0. The molecule has 2 aliphatic rings. The highest BCUT2D eigenvalue weighted by molar-refractivity contribution is 7.89. The van der Waals surface area contributed by atoms with Crippen LogP contribution in [-0.2, 0) is 21.3 Å². The summed E-state index contributed by atoms with van der Waals surface area (Å²) < 4.78 is 34.1. The van der Waals surface area contributed by atoms with Gasteiger partial charge >= 0.3 is 0 Å². The summed E-state index contributed by atoms with van der Waals surface area (Å²) in [5.41, 5.74) is 9.36. The van der Waals surface area contributed by atoms with Crippen molar-refractivity contribution in [1.82, 2.24) is 4.31 Å². The summed E-state index contributed by atoms with van der Waals surface area (Å²) in [5.74, 6) is 0.694. The zero-order chi connectivity index (χ0) is 17.4. The van der Waals surface area contributed by atoms with Gasteiger partial charge in [-0.3, -0.25) is 5.73 Å². The molecule has 6 nitrogen and oxygen atoms in total. The van der Waals surface area contributed by atoms with Crippen LogP contribution < -0.4 is 5.73 Å². The van der Waals surface area contributed by atoms with Crippen LogP contribution in [0.4, 0.5) is 5.69 Å². The van der Waals surface area contributed by atoms with Gasteiger partial charge in [-0.2, -0.15) is 4.31 Å². The van der Waals surface area contributed by atoms with Crippen LogP contribution in [0.25, 0.3) is 0 Å². The van der Waals surface area contributed by atoms with Crippen molar-refractivity contribution in [3.8, 4) is 0 Å². The number of fused-ring (bicyclic) bond motifs is 1. The molecule has 0 radical (unpaired) electrons. The molecule has 130 valence electrons. The first-order chi connectivity index (χ1) is 12.1. The van der Waals surface area contributed by atoms with E-state index in [2.05, 4.69) is 6.07 Å². The Morgan fingerprint density at radius 2 is 1.68 bits per heavy atom. The van der Waals surface area contributed by atoms with Crippen LogP contribution in [0.15, 0.2) is 53.4 Å². The van der Waals surface area contributed by atoms with E-state index in [0.29, 0.717) is 43.6 Å². The third-order valence-corrected chi connectivity index (χ3v) is 6.58. The highest BCUT2D eigenvalue weighted by Gasteiger charge is 2.28. The minimum atomic E-state index is -3.47. The average molecular weight is 358 g/mol. The maximum Gasteiger partial charge on any atom is 0.280 e. The molecule has 1 fully saturated rings. The number of hydrogen-bond acceptors (Lipinski definition) is 4. The number of benzene rings is 2. The summed E-state index contributed by atoms with van der Waals surface area (Å²) in [5, 5.41) is 0. The number of rotatable bonds is 3. The van der Waals surface area contributed by atoms with Crippen LogP contribution in [0, 0.1) is 0 Å². The predicted octanol–water partition coefficient (Wildman–Crippen LogP) is 1.27. The van der Waals surface area contributed by atoms with Gasteiger partial charge in [0.15, 0.2) is 0 Å². The van der Waals surface area contributed by atoms with E-state index in [4.69, 9.17) is 10.5 Å². The van der Waals surface area contributed by atoms with E-state index in [-0.39, 0.29) is 0 Å². The lowest BCUT2D eigenvalue weighted by atomic mass is 10.1. The van der Waals surface area contributed by atoms with E-state index >= 15 is 0 Å². The Balaban J connectivity index is 1.62. The molecule has 2 aromatic carbocycles. The van der Waals surface area contributed by atoms with Gasteiger partial charge in [0.1, 0.15) is 12.2 Å². The number of nitrogens with zero attached hydrogens (tertiary/aromatic N) is 2. The zero-order valence-corrected chi connectivity index (χ0v) is 14.6. The molecule has 0 atom stereocenters. The molecule has 7 heteroatoms. The van der Waals surface area contributed by atoms with Crippen LogP contribution in [0.1, 0.15) is 11.1 Å². The Morgan fingerprint density at radius 3 is 2.36 bits per heavy atom. The third kappa shape index (κ3) is 2.84. The smallest absolute Gasteiger partial charge is 0.280 e. The Kier molecular flexibility index (Phi) is 4.07. The Labute approximate surface area is 147 Å². The quantitative estimate of drug-likeness (QED) is 0.839. The Bertz CT molecular complexity index is 930. The maximum absolute atomic E-state index is 12.7. The summed E-state index contributed by atoms with van der Waals surface area (Å²) in [6.07, 6.45) is 0. The highest BCUT2D eigenvalue weighted by atomic mass is 32.2. The van der Waals surface area contributed by atoms with Crippen LogP contribution in [0.3, 0.4) is 0 Å². The SMILES string of the molecule is NC1=[N+](c2ccc(S(=O)(=O)N3CCOCC3)cc2)Cc2ccccc21. The second kappa shape index (κ2) is 6.25. The molecule has 25 heavy (non-hydrogen) atoms. The molecular weight excluding hydrogens is 338 g/mol. The normalized spacial score (nSPS) is 18.4. The molecule has 4 rings (SSSR count). The molecule has 0 saturated carbocycles. The van der Waals surface area contributed by atoms with Gasteiger partial charge in [-0.25, -0.2) is 13.0 Å². The van der Waals surface area contributed by atoms with Crippen molar-refractivity contribution in [1.29, 1.82) is 0 Å². The molecule has 0 bridgehead atoms. The zero-order valence-electron chi connectivity index (χ0n) is 13.8. The van der Waals surface area contributed by atoms with Crippen LogP contribution in [0.2, 0.25) is 0 Å². The molecule has 0 spiro atoms. The molecule has 0 amide bonds. The molecule has 2 aromatic rings. The fourth-order valence-corrected chi connectivity index (χ4v) is 4.68. The van der Waals surface area contributed by atoms with Gasteiger partial charge in [-0.15, -0.1) is 0 Å². The van der Waals surface area contributed by atoms with E-state index in [1.807, 2.05) is 34.9 Å². The van der Waals surface area contributed by atoms with Crippen LogP contribution in [-0.4, -0.2) is 49.4 Å². The lowest BCUT2D eigenvalue weighted by Gasteiger charge is -2.26. The van der Waals surface area contributed by atoms with Gasteiger partial charge in [0.05, 0.1) is 23.7 Å². The van der Waals surface area contributed by atoms with Crippen molar-refractivity contribution < 1.29 is 17.7 Å². The fraction of sp³-hybridized carbons (Fsp3) is 0.278. The Hall–Kier alpha value is -2.22. The van der Waals surface area contributed by atoms with E-state index in [0.717, 1.165) is 11.3 Å². The molecule has 2 N–H and O–H groups in total. The van der Waals surface area contributed by atoms with Crippen molar-refractivity contribution in [3.63, 3.8) is 0 Å².